The van der Waals surface area contributed by atoms with Gasteiger partial charge in [0, 0.05) is 12.6 Å². The van der Waals surface area contributed by atoms with Crippen LogP contribution in [0.25, 0.3) is 11.1 Å². The molecule has 2 amide bonds. The average molecular weight is 461 g/mol. The lowest BCUT2D eigenvalue weighted by Crippen LogP contribution is -2.49. The standard InChI is InChI=1S/C24H27F3N4O2/c1-15(2)13-21(23(33)29-12-11-28)31-22(24(25,26)27)18-9-7-17(8-10-18)19-5-4-6-20(14-19)30-16(3)32/h4-10,14-15,21-22,31H,12-13H2,1-3H3,(H,29,33)(H,30,32)/t21-,22?/m0/s1. The second kappa shape index (κ2) is 11.5. The molecular weight excluding hydrogens is 433 g/mol. The Kier molecular flexibility index (Phi) is 9.00. The number of rotatable bonds is 9. The normalized spacial score (nSPS) is 13.2. The maximum Gasteiger partial charge on any atom is 0.407 e. The van der Waals surface area contributed by atoms with Crippen molar-refractivity contribution in [2.75, 3.05) is 11.9 Å². The van der Waals surface area contributed by atoms with Gasteiger partial charge in [-0.3, -0.25) is 14.9 Å². The molecule has 6 nitrogen and oxygen atoms in total. The summed E-state index contributed by atoms with van der Waals surface area (Å²) in [6.45, 7) is 4.72. The molecular formula is C24H27F3N4O2. The van der Waals surface area contributed by atoms with Crippen LogP contribution in [0, 0.1) is 17.2 Å². The van der Waals surface area contributed by atoms with Gasteiger partial charge >= 0.3 is 6.18 Å². The van der Waals surface area contributed by atoms with Crippen molar-refractivity contribution in [1.29, 1.82) is 5.26 Å². The number of amides is 2. The number of hydrogen-bond donors (Lipinski definition) is 3. The Morgan fingerprint density at radius 3 is 2.27 bits per heavy atom. The van der Waals surface area contributed by atoms with Crippen molar-refractivity contribution < 1.29 is 22.8 Å². The minimum atomic E-state index is -4.64. The third-order valence-corrected chi connectivity index (χ3v) is 4.82. The average Bonchev–Trinajstić information content (AvgIpc) is 2.73. The number of nitriles is 1. The van der Waals surface area contributed by atoms with Gasteiger partial charge in [-0.1, -0.05) is 50.2 Å². The van der Waals surface area contributed by atoms with E-state index in [2.05, 4.69) is 16.0 Å². The van der Waals surface area contributed by atoms with Crippen LogP contribution < -0.4 is 16.0 Å². The number of anilines is 1. The van der Waals surface area contributed by atoms with Gasteiger partial charge in [0.05, 0.1) is 12.1 Å². The molecule has 0 aromatic heterocycles. The minimum absolute atomic E-state index is 0.0360. The highest BCUT2D eigenvalue weighted by Gasteiger charge is 2.42. The molecule has 0 fully saturated rings. The Morgan fingerprint density at radius 1 is 1.06 bits per heavy atom. The molecule has 2 atom stereocenters. The third kappa shape index (κ3) is 7.91. The molecule has 0 radical (unpaired) electrons. The summed E-state index contributed by atoms with van der Waals surface area (Å²) in [7, 11) is 0. The second-order valence-corrected chi connectivity index (χ2v) is 8.08. The lowest BCUT2D eigenvalue weighted by Gasteiger charge is -2.28. The molecule has 176 valence electrons. The van der Waals surface area contributed by atoms with Gasteiger partial charge < -0.3 is 10.6 Å². The van der Waals surface area contributed by atoms with Crippen LogP contribution in [0.5, 0.6) is 0 Å². The van der Waals surface area contributed by atoms with Crippen LogP contribution in [0.3, 0.4) is 0 Å². The van der Waals surface area contributed by atoms with E-state index in [0.717, 1.165) is 5.56 Å². The molecule has 0 bridgehead atoms. The predicted octanol–water partition coefficient (Wildman–Crippen LogP) is 4.56. The second-order valence-electron chi connectivity index (χ2n) is 8.08. The summed E-state index contributed by atoms with van der Waals surface area (Å²) in [6.07, 6.45) is -4.46. The summed E-state index contributed by atoms with van der Waals surface area (Å²) in [5.74, 6) is -0.912. The lowest BCUT2D eigenvalue weighted by atomic mass is 9.97. The van der Waals surface area contributed by atoms with E-state index >= 15 is 0 Å². The number of carbonyl (C=O) groups excluding carboxylic acids is 2. The first-order valence-corrected chi connectivity index (χ1v) is 10.5. The van der Waals surface area contributed by atoms with E-state index in [9.17, 15) is 22.8 Å². The smallest absolute Gasteiger partial charge is 0.342 e. The zero-order valence-corrected chi connectivity index (χ0v) is 18.7. The molecule has 0 saturated carbocycles. The van der Waals surface area contributed by atoms with Gasteiger partial charge in [0.15, 0.2) is 0 Å². The zero-order chi connectivity index (χ0) is 24.6. The zero-order valence-electron chi connectivity index (χ0n) is 18.7. The minimum Gasteiger partial charge on any atom is -0.342 e. The fourth-order valence-electron chi connectivity index (χ4n) is 3.40. The van der Waals surface area contributed by atoms with Gasteiger partial charge in [-0.2, -0.15) is 18.4 Å². The first-order valence-electron chi connectivity index (χ1n) is 10.5. The van der Waals surface area contributed by atoms with Crippen molar-refractivity contribution in [1.82, 2.24) is 10.6 Å². The van der Waals surface area contributed by atoms with Crippen LogP contribution in [0.15, 0.2) is 48.5 Å². The van der Waals surface area contributed by atoms with E-state index in [4.69, 9.17) is 5.26 Å². The van der Waals surface area contributed by atoms with Gasteiger partial charge in [0.1, 0.15) is 12.6 Å². The molecule has 0 heterocycles. The van der Waals surface area contributed by atoms with Gasteiger partial charge in [0.25, 0.3) is 0 Å². The molecule has 3 N–H and O–H groups in total. The predicted molar refractivity (Wildman–Crippen MR) is 120 cm³/mol. The Balaban J connectivity index is 2.30. The van der Waals surface area contributed by atoms with E-state index < -0.39 is 24.2 Å². The number of hydrogen-bond acceptors (Lipinski definition) is 4. The number of alkyl halides is 3. The Morgan fingerprint density at radius 2 is 1.73 bits per heavy atom. The summed E-state index contributed by atoms with van der Waals surface area (Å²) < 4.78 is 41.8. The molecule has 2 rings (SSSR count). The van der Waals surface area contributed by atoms with Crippen molar-refractivity contribution in [2.45, 2.75) is 45.5 Å². The van der Waals surface area contributed by atoms with Crippen molar-refractivity contribution in [3.63, 3.8) is 0 Å². The molecule has 1 unspecified atom stereocenters. The van der Waals surface area contributed by atoms with Gasteiger partial charge in [0.2, 0.25) is 11.8 Å². The largest absolute Gasteiger partial charge is 0.407 e. The first-order chi connectivity index (χ1) is 15.5. The molecule has 0 aliphatic carbocycles. The van der Waals surface area contributed by atoms with Crippen LogP contribution in [-0.4, -0.2) is 30.6 Å². The van der Waals surface area contributed by atoms with Gasteiger partial charge in [-0.15, -0.1) is 0 Å². The monoisotopic (exact) mass is 460 g/mol. The Labute approximate surface area is 191 Å². The van der Waals surface area contributed by atoms with Crippen LogP contribution in [0.2, 0.25) is 0 Å². The summed E-state index contributed by atoms with van der Waals surface area (Å²) in [5.41, 5.74) is 1.96. The molecule has 0 aliphatic rings. The van der Waals surface area contributed by atoms with Gasteiger partial charge in [-0.05, 0) is 41.2 Å². The number of carbonyl (C=O) groups is 2. The molecule has 9 heteroatoms. The molecule has 2 aromatic rings. The highest BCUT2D eigenvalue weighted by atomic mass is 19.4. The maximum atomic E-state index is 13.9. The summed E-state index contributed by atoms with van der Waals surface area (Å²) in [6, 6.07) is 11.4. The van der Waals surface area contributed by atoms with E-state index in [-0.39, 0.29) is 30.4 Å². The van der Waals surface area contributed by atoms with Crippen LogP contribution in [0.1, 0.15) is 38.8 Å². The van der Waals surface area contributed by atoms with Crippen LogP contribution in [0.4, 0.5) is 18.9 Å². The lowest BCUT2D eigenvalue weighted by molar-refractivity contribution is -0.161. The molecule has 0 saturated heterocycles. The van der Waals surface area contributed by atoms with Crippen LogP contribution in [-0.2, 0) is 9.59 Å². The quantitative estimate of drug-likeness (QED) is 0.478. The molecule has 0 spiro atoms. The van der Waals surface area contributed by atoms with E-state index in [0.29, 0.717) is 11.3 Å². The highest BCUT2D eigenvalue weighted by molar-refractivity contribution is 5.89. The van der Waals surface area contributed by atoms with Gasteiger partial charge in [-0.25, -0.2) is 0 Å². The summed E-state index contributed by atoms with van der Waals surface area (Å²) in [4.78, 5) is 23.6. The summed E-state index contributed by atoms with van der Waals surface area (Å²) in [5, 5.41) is 16.1. The van der Waals surface area contributed by atoms with Crippen molar-refractivity contribution in [3.05, 3.63) is 54.1 Å². The molecule has 33 heavy (non-hydrogen) atoms. The van der Waals surface area contributed by atoms with Crippen molar-refractivity contribution in [3.8, 4) is 17.2 Å². The van der Waals surface area contributed by atoms with E-state index in [1.165, 1.54) is 19.1 Å². The molecule has 2 aromatic carbocycles. The van der Waals surface area contributed by atoms with Crippen molar-refractivity contribution in [2.24, 2.45) is 5.92 Å². The highest BCUT2D eigenvalue weighted by Crippen LogP contribution is 2.35. The Hall–Kier alpha value is -3.38. The third-order valence-electron chi connectivity index (χ3n) is 4.82. The van der Waals surface area contributed by atoms with E-state index in [1.807, 2.05) is 0 Å². The maximum absolute atomic E-state index is 13.9. The molecule has 0 aliphatic heterocycles. The van der Waals surface area contributed by atoms with Crippen LogP contribution >= 0.6 is 0 Å². The Bertz CT molecular complexity index is 998. The number of nitrogens with zero attached hydrogens (tertiary/aromatic N) is 1. The first kappa shape index (κ1) is 25.9. The summed E-state index contributed by atoms with van der Waals surface area (Å²) >= 11 is 0. The fourth-order valence-corrected chi connectivity index (χ4v) is 3.40. The number of nitrogens with one attached hydrogen (secondary N) is 3. The fraction of sp³-hybridized carbons (Fsp3) is 0.375. The van der Waals surface area contributed by atoms with Crippen molar-refractivity contribution >= 4 is 17.5 Å². The number of benzene rings is 2. The number of halogens is 3. The SMILES string of the molecule is CC(=O)Nc1cccc(-c2ccc(C(N[C@@H](CC(C)C)C(=O)NCC#N)C(F)(F)F)cc2)c1. The van der Waals surface area contributed by atoms with E-state index in [1.54, 1.807) is 56.3 Å². The topological polar surface area (TPSA) is 94.0 Å².